The monoisotopic (exact) mass is 273 g/mol. The molecule has 1 aromatic rings. The van der Waals surface area contributed by atoms with Crippen LogP contribution in [0, 0.1) is 3.57 Å². The average Bonchev–Trinajstić information content (AvgIpc) is 2.05. The van der Waals surface area contributed by atoms with E-state index in [1.807, 2.05) is 12.1 Å². The molecule has 0 heterocycles. The van der Waals surface area contributed by atoms with E-state index in [1.54, 1.807) is 0 Å². The molecular formula is C10H12IN. The van der Waals surface area contributed by atoms with Gasteiger partial charge in [0.1, 0.15) is 0 Å². The van der Waals surface area contributed by atoms with Crippen molar-refractivity contribution in [2.24, 2.45) is 5.73 Å². The molecule has 0 aromatic heterocycles. The highest BCUT2D eigenvalue weighted by Gasteiger charge is 2.02. The third-order valence-electron chi connectivity index (χ3n) is 1.70. The lowest BCUT2D eigenvalue weighted by molar-refractivity contribution is 0.741. The molecule has 2 heteroatoms. The lowest BCUT2D eigenvalue weighted by atomic mass is 10.1. The fourth-order valence-corrected chi connectivity index (χ4v) is 1.62. The largest absolute Gasteiger partial charge is 0.324 e. The second kappa shape index (κ2) is 4.62. The van der Waals surface area contributed by atoms with Crippen LogP contribution in [0.4, 0.5) is 0 Å². The predicted octanol–water partition coefficient (Wildman–Crippen LogP) is 2.87. The quantitative estimate of drug-likeness (QED) is 0.665. The minimum absolute atomic E-state index is 0.0946. The summed E-state index contributed by atoms with van der Waals surface area (Å²) in [5, 5.41) is 0. The molecule has 1 aromatic carbocycles. The van der Waals surface area contributed by atoms with E-state index in [2.05, 4.69) is 47.4 Å². The predicted molar refractivity (Wildman–Crippen MR) is 60.9 cm³/mol. The minimum Gasteiger partial charge on any atom is -0.324 e. The highest BCUT2D eigenvalue weighted by molar-refractivity contribution is 14.1. The van der Waals surface area contributed by atoms with Crippen LogP contribution in [-0.4, -0.2) is 0 Å². The normalized spacial score (nSPS) is 12.5. The Hall–Kier alpha value is -0.350. The van der Waals surface area contributed by atoms with Gasteiger partial charge in [0.25, 0.3) is 0 Å². The summed E-state index contributed by atoms with van der Waals surface area (Å²) in [6.45, 7) is 3.67. The topological polar surface area (TPSA) is 26.0 Å². The molecule has 0 unspecified atom stereocenters. The molecule has 1 atom stereocenters. The van der Waals surface area contributed by atoms with Crippen LogP contribution in [0.1, 0.15) is 18.0 Å². The summed E-state index contributed by atoms with van der Waals surface area (Å²) < 4.78 is 1.23. The molecule has 1 nitrogen and oxygen atoms in total. The zero-order chi connectivity index (χ0) is 8.97. The van der Waals surface area contributed by atoms with E-state index in [0.717, 1.165) is 6.42 Å². The summed E-state index contributed by atoms with van der Waals surface area (Å²) in [5.74, 6) is 0. The van der Waals surface area contributed by atoms with Crippen molar-refractivity contribution >= 4 is 22.6 Å². The summed E-state index contributed by atoms with van der Waals surface area (Å²) in [4.78, 5) is 0. The Labute approximate surface area is 86.8 Å². The van der Waals surface area contributed by atoms with Gasteiger partial charge >= 0.3 is 0 Å². The summed E-state index contributed by atoms with van der Waals surface area (Å²) >= 11 is 2.29. The number of hydrogen-bond acceptors (Lipinski definition) is 1. The van der Waals surface area contributed by atoms with Crippen LogP contribution < -0.4 is 5.73 Å². The summed E-state index contributed by atoms with van der Waals surface area (Å²) in [6.07, 6.45) is 2.69. The van der Waals surface area contributed by atoms with Gasteiger partial charge in [0, 0.05) is 9.61 Å². The Bertz CT molecular complexity index is 270. The molecule has 0 aliphatic heterocycles. The second-order valence-electron chi connectivity index (χ2n) is 2.69. The van der Waals surface area contributed by atoms with E-state index in [1.165, 1.54) is 9.13 Å². The van der Waals surface area contributed by atoms with Gasteiger partial charge in [-0.1, -0.05) is 18.2 Å². The van der Waals surface area contributed by atoms with Gasteiger partial charge < -0.3 is 5.73 Å². The number of rotatable bonds is 3. The number of benzene rings is 1. The zero-order valence-corrected chi connectivity index (χ0v) is 8.99. The van der Waals surface area contributed by atoms with Crippen molar-refractivity contribution in [2.75, 3.05) is 0 Å². The Morgan fingerprint density at radius 1 is 1.58 bits per heavy atom. The van der Waals surface area contributed by atoms with Gasteiger partial charge in [-0.3, -0.25) is 0 Å². The first-order valence-corrected chi connectivity index (χ1v) is 4.94. The number of halogens is 1. The SMILES string of the molecule is C=CC[C@H](N)c1cccc(I)c1. The Morgan fingerprint density at radius 2 is 2.33 bits per heavy atom. The lowest BCUT2D eigenvalue weighted by Crippen LogP contribution is -2.08. The van der Waals surface area contributed by atoms with E-state index in [-0.39, 0.29) is 6.04 Å². The van der Waals surface area contributed by atoms with E-state index < -0.39 is 0 Å². The van der Waals surface area contributed by atoms with Crippen LogP contribution in [0.25, 0.3) is 0 Å². The first-order valence-electron chi connectivity index (χ1n) is 3.86. The summed E-state index contributed by atoms with van der Waals surface area (Å²) in [5.41, 5.74) is 7.08. The maximum Gasteiger partial charge on any atom is 0.0330 e. The molecule has 12 heavy (non-hydrogen) atoms. The maximum absolute atomic E-state index is 5.90. The molecule has 0 bridgehead atoms. The molecule has 0 radical (unpaired) electrons. The van der Waals surface area contributed by atoms with Gasteiger partial charge in [0.05, 0.1) is 0 Å². The smallest absolute Gasteiger partial charge is 0.0330 e. The first-order chi connectivity index (χ1) is 5.74. The molecule has 0 aliphatic carbocycles. The molecule has 0 amide bonds. The van der Waals surface area contributed by atoms with Crippen LogP contribution in [0.5, 0.6) is 0 Å². The molecule has 2 N–H and O–H groups in total. The molecule has 64 valence electrons. The molecule has 1 rings (SSSR count). The van der Waals surface area contributed by atoms with Gasteiger partial charge in [-0.15, -0.1) is 6.58 Å². The second-order valence-corrected chi connectivity index (χ2v) is 3.93. The van der Waals surface area contributed by atoms with Gasteiger partial charge in [-0.2, -0.15) is 0 Å². The van der Waals surface area contributed by atoms with E-state index in [9.17, 15) is 0 Å². The molecule has 0 spiro atoms. The van der Waals surface area contributed by atoms with Crippen LogP contribution >= 0.6 is 22.6 Å². The maximum atomic E-state index is 5.90. The third kappa shape index (κ3) is 2.60. The Kier molecular flexibility index (Phi) is 3.75. The van der Waals surface area contributed by atoms with Crippen LogP contribution in [0.3, 0.4) is 0 Å². The van der Waals surface area contributed by atoms with E-state index in [4.69, 9.17) is 5.73 Å². The fourth-order valence-electron chi connectivity index (χ4n) is 1.05. The van der Waals surface area contributed by atoms with Crippen molar-refractivity contribution in [2.45, 2.75) is 12.5 Å². The van der Waals surface area contributed by atoms with Gasteiger partial charge in [0.15, 0.2) is 0 Å². The van der Waals surface area contributed by atoms with E-state index in [0.29, 0.717) is 0 Å². The molecule has 0 aliphatic rings. The average molecular weight is 273 g/mol. The lowest BCUT2D eigenvalue weighted by Gasteiger charge is -2.08. The van der Waals surface area contributed by atoms with Crippen LogP contribution in [-0.2, 0) is 0 Å². The van der Waals surface area contributed by atoms with Gasteiger partial charge in [0.2, 0.25) is 0 Å². The van der Waals surface area contributed by atoms with Crippen molar-refractivity contribution in [3.8, 4) is 0 Å². The van der Waals surface area contributed by atoms with Crippen LogP contribution in [0.15, 0.2) is 36.9 Å². The summed E-state index contributed by atoms with van der Waals surface area (Å²) in [7, 11) is 0. The third-order valence-corrected chi connectivity index (χ3v) is 2.37. The fraction of sp³-hybridized carbons (Fsp3) is 0.200. The molecule has 0 saturated carbocycles. The number of hydrogen-bond donors (Lipinski definition) is 1. The zero-order valence-electron chi connectivity index (χ0n) is 6.83. The molecular weight excluding hydrogens is 261 g/mol. The summed E-state index contributed by atoms with van der Waals surface area (Å²) in [6, 6.07) is 8.34. The highest BCUT2D eigenvalue weighted by Crippen LogP contribution is 2.16. The van der Waals surface area contributed by atoms with E-state index >= 15 is 0 Å². The van der Waals surface area contributed by atoms with Crippen molar-refractivity contribution in [1.29, 1.82) is 0 Å². The van der Waals surface area contributed by atoms with Crippen molar-refractivity contribution in [1.82, 2.24) is 0 Å². The minimum atomic E-state index is 0.0946. The van der Waals surface area contributed by atoms with Gasteiger partial charge in [-0.25, -0.2) is 0 Å². The van der Waals surface area contributed by atoms with Crippen LogP contribution in [0.2, 0.25) is 0 Å². The molecule has 0 fully saturated rings. The number of nitrogens with two attached hydrogens (primary N) is 1. The highest BCUT2D eigenvalue weighted by atomic mass is 127. The standard InChI is InChI=1S/C10H12IN/c1-2-4-10(12)8-5-3-6-9(11)7-8/h2-3,5-7,10H,1,4,12H2/t10-/m0/s1. The van der Waals surface area contributed by atoms with Gasteiger partial charge in [-0.05, 0) is 46.7 Å². The first kappa shape index (κ1) is 9.74. The Balaban J connectivity index is 2.80. The van der Waals surface area contributed by atoms with Crippen molar-refractivity contribution in [3.05, 3.63) is 46.1 Å². The van der Waals surface area contributed by atoms with Crippen molar-refractivity contribution in [3.63, 3.8) is 0 Å². The van der Waals surface area contributed by atoms with Crippen molar-refractivity contribution < 1.29 is 0 Å². The Morgan fingerprint density at radius 3 is 2.92 bits per heavy atom. The molecule has 0 saturated heterocycles.